The summed E-state index contributed by atoms with van der Waals surface area (Å²) in [6, 6.07) is 7.70. The molecule has 1 aromatic rings. The number of carbonyl (C=O) groups is 1. The van der Waals surface area contributed by atoms with Gasteiger partial charge in [0.2, 0.25) is 5.91 Å². The highest BCUT2D eigenvalue weighted by molar-refractivity contribution is 5.76. The lowest BCUT2D eigenvalue weighted by molar-refractivity contribution is -0.129. The number of benzene rings is 1. The van der Waals surface area contributed by atoms with Crippen molar-refractivity contribution in [2.45, 2.75) is 26.1 Å². The van der Waals surface area contributed by atoms with E-state index in [0.717, 1.165) is 16.9 Å². The Kier molecular flexibility index (Phi) is 12.8. The molecule has 0 aliphatic heterocycles. The molecular weight excluding hydrogens is 398 g/mol. The van der Waals surface area contributed by atoms with Gasteiger partial charge in [-0.05, 0) is 30.5 Å². The average molecular weight is 436 g/mol. The summed E-state index contributed by atoms with van der Waals surface area (Å²) in [5, 5.41) is 10.1. The molecule has 0 bridgehead atoms. The third-order valence-electron chi connectivity index (χ3n) is 4.85. The lowest BCUT2D eigenvalue weighted by Crippen LogP contribution is -2.29. The van der Waals surface area contributed by atoms with Crippen LogP contribution in [0.25, 0.3) is 0 Å². The molecule has 0 heterocycles. The Balaban J connectivity index is 2.82. The molecule has 0 spiro atoms. The Labute approximate surface area is 186 Å². The van der Waals surface area contributed by atoms with Crippen LogP contribution >= 0.6 is 0 Å². The fourth-order valence-corrected chi connectivity index (χ4v) is 2.96. The van der Waals surface area contributed by atoms with E-state index >= 15 is 0 Å². The van der Waals surface area contributed by atoms with Gasteiger partial charge in [0.15, 0.2) is 0 Å². The fourth-order valence-electron chi connectivity index (χ4n) is 2.96. The molecule has 0 aromatic heterocycles. The second kappa shape index (κ2) is 14.8. The number of nitrogens with zero attached hydrogens (tertiary/aromatic N) is 1. The van der Waals surface area contributed by atoms with Gasteiger partial charge in [-0.25, -0.2) is 0 Å². The Morgan fingerprint density at radius 1 is 1.13 bits per heavy atom. The summed E-state index contributed by atoms with van der Waals surface area (Å²) in [5.74, 6) is 0.552. The van der Waals surface area contributed by atoms with Crippen LogP contribution in [0, 0.1) is 11.8 Å². The summed E-state index contributed by atoms with van der Waals surface area (Å²) >= 11 is 0. The summed E-state index contributed by atoms with van der Waals surface area (Å²) in [5.41, 5.74) is 1.95. The quantitative estimate of drug-likeness (QED) is 0.259. The van der Waals surface area contributed by atoms with Crippen molar-refractivity contribution in [3.05, 3.63) is 54.1 Å². The molecule has 7 heteroatoms. The first kappa shape index (κ1) is 26.8. The molecule has 3 atom stereocenters. The van der Waals surface area contributed by atoms with Crippen molar-refractivity contribution in [1.29, 1.82) is 0 Å². The summed E-state index contributed by atoms with van der Waals surface area (Å²) in [6.45, 7) is 7.12. The first-order chi connectivity index (χ1) is 14.8. The van der Waals surface area contributed by atoms with Gasteiger partial charge in [0.1, 0.15) is 12.5 Å². The van der Waals surface area contributed by atoms with Gasteiger partial charge in [0.25, 0.3) is 0 Å². The first-order valence-corrected chi connectivity index (χ1v) is 10.3. The van der Waals surface area contributed by atoms with E-state index in [0.29, 0.717) is 19.6 Å². The summed E-state index contributed by atoms with van der Waals surface area (Å²) < 4.78 is 21.1. The Hall–Kier alpha value is -2.19. The van der Waals surface area contributed by atoms with E-state index in [-0.39, 0.29) is 31.1 Å². The van der Waals surface area contributed by atoms with Crippen LogP contribution in [0.2, 0.25) is 0 Å². The smallest absolute Gasteiger partial charge is 0.222 e. The summed E-state index contributed by atoms with van der Waals surface area (Å²) in [7, 11) is 6.61. The summed E-state index contributed by atoms with van der Waals surface area (Å²) in [6.07, 6.45) is 3.01. The van der Waals surface area contributed by atoms with Crippen molar-refractivity contribution in [2.75, 3.05) is 48.3 Å². The monoisotopic (exact) mass is 435 g/mol. The van der Waals surface area contributed by atoms with Gasteiger partial charge in [-0.15, -0.1) is 0 Å². The Bertz CT molecular complexity index is 686. The highest BCUT2D eigenvalue weighted by Crippen LogP contribution is 2.26. The predicted molar refractivity (Wildman–Crippen MR) is 121 cm³/mol. The van der Waals surface area contributed by atoms with Crippen LogP contribution in [0.15, 0.2) is 48.6 Å². The molecule has 0 aliphatic carbocycles. The molecular formula is C24H37NO6. The van der Waals surface area contributed by atoms with E-state index in [1.165, 1.54) is 7.11 Å². The zero-order valence-electron chi connectivity index (χ0n) is 19.4. The Morgan fingerprint density at radius 3 is 2.35 bits per heavy atom. The number of amides is 1. The number of methoxy groups -OCH3 is 2. The number of hydrogen-bond acceptors (Lipinski definition) is 6. The maximum absolute atomic E-state index is 12.4. The molecule has 0 radical (unpaired) electrons. The number of hydrogen-bond donors (Lipinski definition) is 1. The van der Waals surface area contributed by atoms with Crippen molar-refractivity contribution >= 4 is 5.91 Å². The van der Waals surface area contributed by atoms with Gasteiger partial charge in [0, 0.05) is 33.5 Å². The van der Waals surface area contributed by atoms with Gasteiger partial charge >= 0.3 is 0 Å². The SMILES string of the molecule is C=C(C)[C@@H](COCc1ccc(OC)cc1)[C@@H](/C=C/[C@H](O)COCOC)CC(=O)N(C)C. The summed E-state index contributed by atoms with van der Waals surface area (Å²) in [4.78, 5) is 14.0. The molecule has 0 aliphatic rings. The van der Waals surface area contributed by atoms with Crippen molar-refractivity contribution in [3.8, 4) is 5.75 Å². The van der Waals surface area contributed by atoms with Crippen LogP contribution in [0.5, 0.6) is 5.75 Å². The molecule has 1 rings (SSSR count). The Morgan fingerprint density at radius 2 is 1.81 bits per heavy atom. The largest absolute Gasteiger partial charge is 0.497 e. The van der Waals surface area contributed by atoms with Gasteiger partial charge in [-0.2, -0.15) is 0 Å². The van der Waals surface area contributed by atoms with Crippen LogP contribution in [-0.4, -0.2) is 70.3 Å². The highest BCUT2D eigenvalue weighted by Gasteiger charge is 2.24. The zero-order valence-corrected chi connectivity index (χ0v) is 19.4. The van der Waals surface area contributed by atoms with Crippen LogP contribution in [-0.2, 0) is 25.6 Å². The molecule has 0 saturated heterocycles. The van der Waals surface area contributed by atoms with Gasteiger partial charge < -0.3 is 29.0 Å². The number of carbonyl (C=O) groups excluding carboxylic acids is 1. The topological polar surface area (TPSA) is 77.5 Å². The molecule has 0 saturated carbocycles. The number of allylic oxidation sites excluding steroid dienone is 1. The minimum atomic E-state index is -0.793. The van der Waals surface area contributed by atoms with E-state index in [1.807, 2.05) is 37.3 Å². The molecule has 1 N–H and O–H groups in total. The van der Waals surface area contributed by atoms with E-state index in [4.69, 9.17) is 18.9 Å². The average Bonchev–Trinajstić information content (AvgIpc) is 2.74. The normalized spacial score (nSPS) is 14.3. The van der Waals surface area contributed by atoms with E-state index < -0.39 is 6.10 Å². The second-order valence-electron chi connectivity index (χ2n) is 7.70. The molecule has 0 fully saturated rings. The minimum Gasteiger partial charge on any atom is -0.497 e. The third kappa shape index (κ3) is 10.6. The van der Waals surface area contributed by atoms with E-state index in [2.05, 4.69) is 6.58 Å². The van der Waals surface area contributed by atoms with Gasteiger partial charge in [-0.3, -0.25) is 4.79 Å². The number of aliphatic hydroxyl groups is 1. The van der Waals surface area contributed by atoms with Crippen LogP contribution in [0.3, 0.4) is 0 Å². The van der Waals surface area contributed by atoms with Crippen LogP contribution in [0.4, 0.5) is 0 Å². The van der Waals surface area contributed by atoms with Crippen LogP contribution < -0.4 is 4.74 Å². The number of ether oxygens (including phenoxy) is 4. The van der Waals surface area contributed by atoms with Gasteiger partial charge in [-0.1, -0.05) is 36.4 Å². The van der Waals surface area contributed by atoms with Gasteiger partial charge in [0.05, 0.1) is 33.0 Å². The third-order valence-corrected chi connectivity index (χ3v) is 4.85. The first-order valence-electron chi connectivity index (χ1n) is 10.3. The van der Waals surface area contributed by atoms with Crippen molar-refractivity contribution in [1.82, 2.24) is 4.90 Å². The van der Waals surface area contributed by atoms with Crippen molar-refractivity contribution in [3.63, 3.8) is 0 Å². The fraction of sp³-hybridized carbons (Fsp3) is 0.542. The standard InChI is InChI=1S/C24H37NO6/c1-18(2)23(16-30-14-19-7-11-22(29-6)12-8-19)20(13-24(27)25(3)4)9-10-21(26)15-31-17-28-5/h7-12,20-21,23,26H,1,13-17H2,2-6H3/b10-9+/t20-,21-,23+/m0/s1. The molecule has 1 amide bonds. The lowest BCUT2D eigenvalue weighted by atomic mass is 9.84. The van der Waals surface area contributed by atoms with E-state index in [9.17, 15) is 9.90 Å². The molecule has 31 heavy (non-hydrogen) atoms. The molecule has 7 nitrogen and oxygen atoms in total. The maximum Gasteiger partial charge on any atom is 0.222 e. The predicted octanol–water partition coefficient (Wildman–Crippen LogP) is 3.04. The number of aliphatic hydroxyl groups excluding tert-OH is 1. The van der Waals surface area contributed by atoms with Crippen molar-refractivity contribution in [2.24, 2.45) is 11.8 Å². The minimum absolute atomic E-state index is 0.00109. The maximum atomic E-state index is 12.4. The van der Waals surface area contributed by atoms with E-state index in [1.54, 1.807) is 32.2 Å². The van der Waals surface area contributed by atoms with Crippen LogP contribution in [0.1, 0.15) is 18.9 Å². The molecule has 174 valence electrons. The molecule has 0 unspecified atom stereocenters. The number of rotatable bonds is 15. The molecule has 1 aromatic carbocycles. The lowest BCUT2D eigenvalue weighted by Gasteiger charge is -2.26. The zero-order chi connectivity index (χ0) is 23.2. The van der Waals surface area contributed by atoms with Crippen molar-refractivity contribution < 1.29 is 28.8 Å². The second-order valence-corrected chi connectivity index (χ2v) is 7.70. The highest BCUT2D eigenvalue weighted by atomic mass is 16.7.